The fraction of sp³-hybridized carbons (Fsp3) is 0.0714. The van der Waals surface area contributed by atoms with Crippen LogP contribution in [0.2, 0.25) is 5.02 Å². The average Bonchev–Trinajstić information content (AvgIpc) is 2.45. The number of amides is 1. The highest BCUT2D eigenvalue weighted by atomic mass is 35.5. The first-order valence-electron chi connectivity index (χ1n) is 5.89. The Balaban J connectivity index is 2.06. The quantitative estimate of drug-likeness (QED) is 0.909. The second kappa shape index (κ2) is 6.32. The summed E-state index contributed by atoms with van der Waals surface area (Å²) in [5, 5.41) is 11.2. The molecule has 0 bridgehead atoms. The number of nitrogens with zero attached hydrogens (tertiary/aromatic N) is 1. The first kappa shape index (κ1) is 14.9. The van der Waals surface area contributed by atoms with Crippen molar-refractivity contribution < 1.29 is 19.1 Å². The second-order valence-electron chi connectivity index (χ2n) is 4.14. The molecule has 1 amide bonds. The van der Waals surface area contributed by atoms with Crippen LogP contribution in [0, 0.1) is 5.82 Å². The van der Waals surface area contributed by atoms with Gasteiger partial charge in [-0.15, -0.1) is 0 Å². The molecule has 2 aromatic rings. The van der Waals surface area contributed by atoms with Gasteiger partial charge in [-0.2, -0.15) is 0 Å². The molecule has 0 aliphatic heterocycles. The number of carbonyl (C=O) groups is 2. The molecule has 1 aromatic carbocycles. The summed E-state index contributed by atoms with van der Waals surface area (Å²) in [4.78, 5) is 26.2. The maximum absolute atomic E-state index is 13.5. The summed E-state index contributed by atoms with van der Waals surface area (Å²) in [6, 6.07) is 6.80. The fourth-order valence-electron chi connectivity index (χ4n) is 1.64. The number of pyridine rings is 1. The molecular weight excluding hydrogens is 299 g/mol. The number of carboxylic acids is 1. The van der Waals surface area contributed by atoms with E-state index in [0.29, 0.717) is 5.56 Å². The monoisotopic (exact) mass is 308 g/mol. The molecule has 2 rings (SSSR count). The lowest BCUT2D eigenvalue weighted by Gasteiger charge is -2.07. The van der Waals surface area contributed by atoms with Gasteiger partial charge in [-0.25, -0.2) is 14.2 Å². The Hall–Kier alpha value is -2.47. The van der Waals surface area contributed by atoms with E-state index in [4.69, 9.17) is 16.7 Å². The fourth-order valence-corrected chi connectivity index (χ4v) is 1.89. The van der Waals surface area contributed by atoms with Crippen LogP contribution >= 0.6 is 11.6 Å². The lowest BCUT2D eigenvalue weighted by atomic mass is 10.2. The summed E-state index contributed by atoms with van der Waals surface area (Å²) in [5.41, 5.74) is 0.261. The summed E-state index contributed by atoms with van der Waals surface area (Å²) < 4.78 is 13.5. The summed E-state index contributed by atoms with van der Waals surface area (Å²) in [5.74, 6) is -2.50. The van der Waals surface area contributed by atoms with Crippen LogP contribution in [0.15, 0.2) is 36.5 Å². The molecule has 0 fully saturated rings. The van der Waals surface area contributed by atoms with E-state index in [1.807, 2.05) is 0 Å². The second-order valence-corrected chi connectivity index (χ2v) is 4.54. The Kier molecular flexibility index (Phi) is 4.49. The highest BCUT2D eigenvalue weighted by Gasteiger charge is 2.15. The van der Waals surface area contributed by atoms with Crippen molar-refractivity contribution in [3.8, 4) is 0 Å². The van der Waals surface area contributed by atoms with Crippen molar-refractivity contribution in [2.24, 2.45) is 0 Å². The van der Waals surface area contributed by atoms with Gasteiger partial charge in [0, 0.05) is 12.7 Å². The van der Waals surface area contributed by atoms with Crippen molar-refractivity contribution in [1.29, 1.82) is 0 Å². The summed E-state index contributed by atoms with van der Waals surface area (Å²) in [6.07, 6.45) is 1.33. The standard InChI is InChI=1S/C14H10ClFN2O3/c15-9-2-1-3-10(16)12(9)13(19)18-7-8-4-5-11(14(20)21)17-6-8/h1-6H,7H2,(H,18,19)(H,20,21). The Labute approximate surface area is 124 Å². The minimum atomic E-state index is -1.14. The van der Waals surface area contributed by atoms with Crippen LogP contribution in [0.25, 0.3) is 0 Å². The molecule has 1 aromatic heterocycles. The van der Waals surface area contributed by atoms with Crippen molar-refractivity contribution >= 4 is 23.5 Å². The topological polar surface area (TPSA) is 79.3 Å². The van der Waals surface area contributed by atoms with Crippen LogP contribution in [0.5, 0.6) is 0 Å². The van der Waals surface area contributed by atoms with Crippen molar-refractivity contribution in [3.63, 3.8) is 0 Å². The SMILES string of the molecule is O=C(O)c1ccc(CNC(=O)c2c(F)cccc2Cl)cn1. The van der Waals surface area contributed by atoms with Crippen LogP contribution in [0.3, 0.4) is 0 Å². The lowest BCUT2D eigenvalue weighted by molar-refractivity contribution is 0.0690. The van der Waals surface area contributed by atoms with E-state index in [2.05, 4.69) is 10.3 Å². The van der Waals surface area contributed by atoms with Gasteiger partial charge in [0.2, 0.25) is 0 Å². The molecule has 0 saturated heterocycles. The minimum Gasteiger partial charge on any atom is -0.477 e. The highest BCUT2D eigenvalue weighted by molar-refractivity contribution is 6.33. The molecule has 108 valence electrons. The van der Waals surface area contributed by atoms with E-state index in [0.717, 1.165) is 6.07 Å². The van der Waals surface area contributed by atoms with Gasteiger partial charge in [-0.05, 0) is 23.8 Å². The number of aromatic nitrogens is 1. The van der Waals surface area contributed by atoms with Gasteiger partial charge in [0.1, 0.15) is 11.5 Å². The maximum Gasteiger partial charge on any atom is 0.354 e. The number of halogens is 2. The van der Waals surface area contributed by atoms with Gasteiger partial charge < -0.3 is 10.4 Å². The Bertz CT molecular complexity index is 669. The Morgan fingerprint density at radius 2 is 2.05 bits per heavy atom. The minimum absolute atomic E-state index is 0.0202. The molecule has 2 N–H and O–H groups in total. The van der Waals surface area contributed by atoms with E-state index in [1.165, 1.54) is 30.5 Å². The van der Waals surface area contributed by atoms with Gasteiger partial charge in [-0.1, -0.05) is 23.7 Å². The Morgan fingerprint density at radius 3 is 2.62 bits per heavy atom. The average molecular weight is 309 g/mol. The van der Waals surface area contributed by atoms with Gasteiger partial charge in [0.25, 0.3) is 5.91 Å². The molecule has 7 heteroatoms. The third kappa shape index (κ3) is 3.55. The van der Waals surface area contributed by atoms with E-state index in [1.54, 1.807) is 0 Å². The van der Waals surface area contributed by atoms with Gasteiger partial charge in [0.15, 0.2) is 0 Å². The number of carboxylic acid groups (broad SMARTS) is 1. The van der Waals surface area contributed by atoms with Crippen molar-refractivity contribution in [1.82, 2.24) is 10.3 Å². The first-order chi connectivity index (χ1) is 9.99. The normalized spacial score (nSPS) is 10.2. The molecule has 0 aliphatic rings. The Morgan fingerprint density at radius 1 is 1.29 bits per heavy atom. The van der Waals surface area contributed by atoms with Crippen LogP contribution < -0.4 is 5.32 Å². The molecule has 1 heterocycles. The maximum atomic E-state index is 13.5. The molecule has 0 unspecified atom stereocenters. The smallest absolute Gasteiger partial charge is 0.354 e. The van der Waals surface area contributed by atoms with Crippen molar-refractivity contribution in [2.75, 3.05) is 0 Å². The lowest BCUT2D eigenvalue weighted by Crippen LogP contribution is -2.24. The zero-order valence-electron chi connectivity index (χ0n) is 10.6. The number of nitrogens with one attached hydrogen (secondary N) is 1. The van der Waals surface area contributed by atoms with Crippen LogP contribution in [-0.2, 0) is 6.54 Å². The highest BCUT2D eigenvalue weighted by Crippen LogP contribution is 2.18. The van der Waals surface area contributed by atoms with Crippen molar-refractivity contribution in [2.45, 2.75) is 6.54 Å². The summed E-state index contributed by atoms with van der Waals surface area (Å²) >= 11 is 5.78. The number of hydrogen-bond acceptors (Lipinski definition) is 3. The van der Waals surface area contributed by atoms with Crippen molar-refractivity contribution in [3.05, 3.63) is 64.2 Å². The van der Waals surface area contributed by atoms with E-state index >= 15 is 0 Å². The number of carbonyl (C=O) groups excluding carboxylic acids is 1. The molecule has 21 heavy (non-hydrogen) atoms. The van der Waals surface area contributed by atoms with E-state index in [9.17, 15) is 14.0 Å². The molecule has 0 aliphatic carbocycles. The predicted octanol–water partition coefficient (Wildman–Crippen LogP) is 2.50. The van der Waals surface area contributed by atoms with Crippen LogP contribution in [0.1, 0.15) is 26.4 Å². The third-order valence-corrected chi connectivity index (χ3v) is 3.00. The van der Waals surface area contributed by atoms with E-state index in [-0.39, 0.29) is 22.8 Å². The zero-order valence-corrected chi connectivity index (χ0v) is 11.4. The molecule has 0 spiro atoms. The predicted molar refractivity (Wildman–Crippen MR) is 73.8 cm³/mol. The van der Waals surface area contributed by atoms with Crippen LogP contribution in [0.4, 0.5) is 4.39 Å². The molecule has 0 saturated carbocycles. The first-order valence-corrected chi connectivity index (χ1v) is 6.27. The zero-order chi connectivity index (χ0) is 15.4. The van der Waals surface area contributed by atoms with Gasteiger partial charge in [0.05, 0.1) is 10.6 Å². The summed E-state index contributed by atoms with van der Waals surface area (Å²) in [7, 11) is 0. The van der Waals surface area contributed by atoms with E-state index < -0.39 is 17.7 Å². The molecule has 0 radical (unpaired) electrons. The van der Waals surface area contributed by atoms with Gasteiger partial charge in [-0.3, -0.25) is 4.79 Å². The number of hydrogen-bond donors (Lipinski definition) is 2. The van der Waals surface area contributed by atoms with Crippen LogP contribution in [-0.4, -0.2) is 22.0 Å². The largest absolute Gasteiger partial charge is 0.477 e. The van der Waals surface area contributed by atoms with Gasteiger partial charge >= 0.3 is 5.97 Å². The number of aromatic carboxylic acids is 1. The number of benzene rings is 1. The molecule has 5 nitrogen and oxygen atoms in total. The third-order valence-electron chi connectivity index (χ3n) is 2.69. The molecular formula is C14H10ClFN2O3. The number of rotatable bonds is 4. The molecule has 0 atom stereocenters. The summed E-state index contributed by atoms with van der Waals surface area (Å²) in [6.45, 7) is 0.0798.